The average molecular weight is 741 g/mol. The Bertz CT molecular complexity index is 1860. The van der Waals surface area contributed by atoms with Gasteiger partial charge in [0.25, 0.3) is 10.0 Å². The van der Waals surface area contributed by atoms with Crippen molar-refractivity contribution in [3.05, 3.63) is 129 Å². The van der Waals surface area contributed by atoms with Gasteiger partial charge in [0, 0.05) is 29.1 Å². The van der Waals surface area contributed by atoms with Crippen molar-refractivity contribution in [3.8, 4) is 0 Å². The fraction of sp³-hybridized carbons (Fsp3) is 0.235. The number of amides is 2. The summed E-state index contributed by atoms with van der Waals surface area (Å²) in [5.74, 6) is -1.45. The molecule has 0 heterocycles. The number of nitrogens with zero attached hydrogens (tertiary/aromatic N) is 2. The molecule has 0 fully saturated rings. The maximum atomic E-state index is 14.5. The van der Waals surface area contributed by atoms with E-state index in [9.17, 15) is 31.2 Å². The zero-order valence-corrected chi connectivity index (χ0v) is 28.8. The highest BCUT2D eigenvalue weighted by molar-refractivity contribution is 7.92. The predicted octanol–water partition coefficient (Wildman–Crippen LogP) is 8.03. The maximum Gasteiger partial charge on any atom is 0.416 e. The average Bonchev–Trinajstić information content (AvgIpc) is 3.02. The van der Waals surface area contributed by atoms with E-state index in [2.05, 4.69) is 5.32 Å². The number of alkyl halides is 3. The topological polar surface area (TPSA) is 86.8 Å². The Morgan fingerprint density at radius 1 is 0.833 bits per heavy atom. The minimum atomic E-state index is -4.85. The van der Waals surface area contributed by atoms with Crippen molar-refractivity contribution in [2.75, 3.05) is 10.8 Å². The Kier molecular flexibility index (Phi) is 12.1. The van der Waals surface area contributed by atoms with Gasteiger partial charge in [-0.3, -0.25) is 13.9 Å². The Labute approximate surface area is 292 Å². The minimum Gasteiger partial charge on any atom is -0.352 e. The summed E-state index contributed by atoms with van der Waals surface area (Å²) in [6, 6.07) is 21.0. The van der Waals surface area contributed by atoms with Crippen LogP contribution in [0.25, 0.3) is 0 Å². The molecule has 0 radical (unpaired) electrons. The van der Waals surface area contributed by atoms with E-state index in [1.807, 2.05) is 0 Å². The Morgan fingerprint density at radius 3 is 2.04 bits per heavy atom. The molecule has 4 aromatic rings. The van der Waals surface area contributed by atoms with Crippen LogP contribution in [0, 0.1) is 0 Å². The summed E-state index contributed by atoms with van der Waals surface area (Å²) in [4.78, 5) is 29.2. The summed E-state index contributed by atoms with van der Waals surface area (Å²) in [7, 11) is -4.69. The Hall–Kier alpha value is -3.77. The lowest BCUT2D eigenvalue weighted by molar-refractivity contribution is -0.140. The second-order valence-electron chi connectivity index (χ2n) is 11.1. The molecule has 4 aromatic carbocycles. The van der Waals surface area contributed by atoms with Crippen molar-refractivity contribution < 1.29 is 31.2 Å². The number of rotatable bonds is 12. The van der Waals surface area contributed by atoms with Gasteiger partial charge in [0.05, 0.1) is 21.2 Å². The van der Waals surface area contributed by atoms with Gasteiger partial charge in [0.2, 0.25) is 11.8 Å². The van der Waals surface area contributed by atoms with E-state index < -0.39 is 51.9 Å². The molecule has 0 bridgehead atoms. The minimum absolute atomic E-state index is 0.0199. The molecule has 2 amide bonds. The zero-order chi connectivity index (χ0) is 35.2. The first-order chi connectivity index (χ1) is 22.6. The van der Waals surface area contributed by atoms with Crippen LogP contribution in [-0.4, -0.2) is 43.8 Å². The number of nitrogens with one attached hydrogen (secondary N) is 1. The summed E-state index contributed by atoms with van der Waals surface area (Å²) in [6.07, 6.45) is -4.83. The molecular weight excluding hydrogens is 710 g/mol. The first kappa shape index (κ1) is 37.1. The van der Waals surface area contributed by atoms with Crippen LogP contribution in [0.4, 0.5) is 18.9 Å². The molecule has 14 heteroatoms. The van der Waals surface area contributed by atoms with Gasteiger partial charge in [0.15, 0.2) is 0 Å². The van der Waals surface area contributed by atoms with E-state index in [-0.39, 0.29) is 33.9 Å². The van der Waals surface area contributed by atoms with Crippen molar-refractivity contribution in [2.24, 2.45) is 0 Å². The molecule has 0 aliphatic carbocycles. The molecule has 1 atom stereocenters. The van der Waals surface area contributed by atoms with Crippen molar-refractivity contribution >= 4 is 62.3 Å². The summed E-state index contributed by atoms with van der Waals surface area (Å²) >= 11 is 18.9. The third-order valence-electron chi connectivity index (χ3n) is 7.21. The van der Waals surface area contributed by atoms with Crippen LogP contribution in [0.3, 0.4) is 0 Å². The van der Waals surface area contributed by atoms with Gasteiger partial charge in [-0.25, -0.2) is 8.42 Å². The van der Waals surface area contributed by atoms with Gasteiger partial charge in [-0.15, -0.1) is 0 Å². The van der Waals surface area contributed by atoms with E-state index in [0.717, 1.165) is 11.0 Å². The normalized spacial score (nSPS) is 12.4. The molecule has 1 N–H and O–H groups in total. The Balaban J connectivity index is 1.89. The molecule has 7 nitrogen and oxygen atoms in total. The lowest BCUT2D eigenvalue weighted by Gasteiger charge is -2.34. The third-order valence-corrected chi connectivity index (χ3v) is 9.89. The number of hydrogen-bond donors (Lipinski definition) is 1. The zero-order valence-electron chi connectivity index (χ0n) is 25.7. The number of anilines is 1. The first-order valence-corrected chi connectivity index (χ1v) is 17.2. The van der Waals surface area contributed by atoms with E-state index in [4.69, 9.17) is 34.8 Å². The van der Waals surface area contributed by atoms with Crippen molar-refractivity contribution in [2.45, 2.75) is 50.0 Å². The summed E-state index contributed by atoms with van der Waals surface area (Å²) in [6.45, 7) is 2.20. The first-order valence-electron chi connectivity index (χ1n) is 14.6. The SMILES string of the molecule is CC(C)NC(=O)[C@H](Cc1ccccc1)N(Cc1ccc(Cl)cc1Cl)C(=O)CN(c1cc(C(F)(F)F)ccc1Cl)S(=O)(=O)c1ccccc1. The number of sulfonamides is 1. The number of carbonyl (C=O) groups excluding carboxylic acids is 2. The summed E-state index contributed by atoms with van der Waals surface area (Å²) in [5.41, 5.74) is -0.666. The van der Waals surface area contributed by atoms with E-state index in [1.165, 1.54) is 30.3 Å². The fourth-order valence-electron chi connectivity index (χ4n) is 4.88. The van der Waals surface area contributed by atoms with E-state index in [1.54, 1.807) is 62.4 Å². The molecule has 0 aliphatic rings. The summed E-state index contributed by atoms with van der Waals surface area (Å²) < 4.78 is 70.2. The Morgan fingerprint density at radius 2 is 1.46 bits per heavy atom. The second kappa shape index (κ2) is 15.6. The van der Waals surface area contributed by atoms with Crippen LogP contribution in [0.5, 0.6) is 0 Å². The van der Waals surface area contributed by atoms with Gasteiger partial charge in [-0.2, -0.15) is 13.2 Å². The molecule has 254 valence electrons. The van der Waals surface area contributed by atoms with Crippen LogP contribution in [-0.2, 0) is 38.8 Å². The number of carbonyl (C=O) groups is 2. The van der Waals surface area contributed by atoms with Crippen molar-refractivity contribution in [3.63, 3.8) is 0 Å². The quantitative estimate of drug-likeness (QED) is 0.160. The van der Waals surface area contributed by atoms with Gasteiger partial charge in [0.1, 0.15) is 12.6 Å². The second-order valence-corrected chi connectivity index (χ2v) is 14.2. The molecule has 4 rings (SSSR count). The van der Waals surface area contributed by atoms with Crippen LogP contribution < -0.4 is 9.62 Å². The molecule has 0 aliphatic heterocycles. The molecule has 48 heavy (non-hydrogen) atoms. The van der Waals surface area contributed by atoms with Crippen molar-refractivity contribution in [1.29, 1.82) is 0 Å². The highest BCUT2D eigenvalue weighted by Gasteiger charge is 2.37. The largest absolute Gasteiger partial charge is 0.416 e. The smallest absolute Gasteiger partial charge is 0.352 e. The molecule has 0 unspecified atom stereocenters. The highest BCUT2D eigenvalue weighted by Crippen LogP contribution is 2.37. The molecule has 0 saturated carbocycles. The van der Waals surface area contributed by atoms with Gasteiger partial charge < -0.3 is 10.2 Å². The third kappa shape index (κ3) is 9.22. The van der Waals surface area contributed by atoms with E-state index >= 15 is 0 Å². The van der Waals surface area contributed by atoms with Crippen LogP contribution in [0.15, 0.2) is 102 Å². The summed E-state index contributed by atoms with van der Waals surface area (Å²) in [5, 5.41) is 2.97. The van der Waals surface area contributed by atoms with Gasteiger partial charge in [-0.05, 0) is 67.4 Å². The molecule has 0 aromatic heterocycles. The molecular formula is C34H31Cl3F3N3O4S. The lowest BCUT2D eigenvalue weighted by atomic mass is 10.0. The van der Waals surface area contributed by atoms with Gasteiger partial charge >= 0.3 is 6.18 Å². The monoisotopic (exact) mass is 739 g/mol. The van der Waals surface area contributed by atoms with Crippen molar-refractivity contribution in [1.82, 2.24) is 10.2 Å². The molecule has 0 saturated heterocycles. The highest BCUT2D eigenvalue weighted by atomic mass is 35.5. The molecule has 0 spiro atoms. The fourth-order valence-corrected chi connectivity index (χ4v) is 7.07. The van der Waals surface area contributed by atoms with Crippen LogP contribution in [0.1, 0.15) is 30.5 Å². The maximum absolute atomic E-state index is 14.5. The standard InChI is InChI=1S/C34H31Cl3F3N3O4S/c1-22(2)41-33(45)31(17-23-9-5-3-6-10-23)42(20-24-13-15-26(35)19-29(24)37)32(44)21-43(48(46,47)27-11-7-4-8-12-27)30-18-25(34(38,39)40)14-16-28(30)36/h3-16,18-19,22,31H,17,20-21H2,1-2H3,(H,41,45)/t31-/m0/s1. The van der Waals surface area contributed by atoms with Gasteiger partial charge in [-0.1, -0.05) is 89.4 Å². The lowest BCUT2D eigenvalue weighted by Crippen LogP contribution is -2.54. The van der Waals surface area contributed by atoms with E-state index in [0.29, 0.717) is 32.6 Å². The number of benzene rings is 4. The predicted molar refractivity (Wildman–Crippen MR) is 182 cm³/mol. The van der Waals surface area contributed by atoms with Crippen LogP contribution >= 0.6 is 34.8 Å². The number of halogens is 6. The van der Waals surface area contributed by atoms with Crippen LogP contribution in [0.2, 0.25) is 15.1 Å². The number of hydrogen-bond acceptors (Lipinski definition) is 4.